The van der Waals surface area contributed by atoms with Gasteiger partial charge in [-0.1, -0.05) is 13.8 Å². The maximum Gasteiger partial charge on any atom is 0.254 e. The summed E-state index contributed by atoms with van der Waals surface area (Å²) in [6.45, 7) is 4.66. The molecular weight excluding hydrogens is 498 g/mol. The lowest BCUT2D eigenvalue weighted by molar-refractivity contribution is -0.123. The first-order valence-electron chi connectivity index (χ1n) is 12.8. The zero-order valence-electron chi connectivity index (χ0n) is 22.6. The Hall–Kier alpha value is -4.47. The molecule has 0 saturated carbocycles. The molecule has 4 bridgehead atoms. The second-order valence-electron chi connectivity index (χ2n) is 9.75. The Balaban J connectivity index is 1.83. The molecule has 1 aliphatic rings. The minimum Gasteiger partial charge on any atom is -0.493 e. The number of hydrogen-bond donors (Lipinski definition) is 2. The Morgan fingerprint density at radius 1 is 1.05 bits per heavy atom. The van der Waals surface area contributed by atoms with E-state index in [4.69, 9.17) is 9.47 Å². The van der Waals surface area contributed by atoms with Crippen LogP contribution < -0.4 is 20.1 Å². The number of hydrogen-bond acceptors (Lipinski definition) is 7. The van der Waals surface area contributed by atoms with E-state index in [0.29, 0.717) is 40.2 Å². The quantitative estimate of drug-likeness (QED) is 0.519. The molecule has 0 fully saturated rings. The molecule has 204 valence electrons. The molecule has 1 aromatic carbocycles. The lowest BCUT2D eigenvalue weighted by Gasteiger charge is -2.25. The lowest BCUT2D eigenvalue weighted by atomic mass is 10.00. The summed E-state index contributed by atoms with van der Waals surface area (Å²) in [5.41, 5.74) is 2.86. The van der Waals surface area contributed by atoms with Crippen LogP contribution in [0.25, 0.3) is 11.1 Å². The number of carbonyl (C=O) groups excluding carboxylic acids is 3. The summed E-state index contributed by atoms with van der Waals surface area (Å²) in [4.78, 5) is 49.8. The molecular formula is C29H33N5O5. The topological polar surface area (TPSA) is 123 Å². The van der Waals surface area contributed by atoms with Gasteiger partial charge in [-0.2, -0.15) is 0 Å². The number of nitrogens with one attached hydrogen (secondary N) is 2. The van der Waals surface area contributed by atoms with E-state index in [-0.39, 0.29) is 37.4 Å². The van der Waals surface area contributed by atoms with E-state index in [1.54, 1.807) is 55.9 Å². The van der Waals surface area contributed by atoms with Crippen molar-refractivity contribution in [2.24, 2.45) is 5.92 Å². The van der Waals surface area contributed by atoms with Crippen LogP contribution >= 0.6 is 0 Å². The largest absolute Gasteiger partial charge is 0.493 e. The van der Waals surface area contributed by atoms with Crippen LogP contribution in [0.3, 0.4) is 0 Å². The summed E-state index contributed by atoms with van der Waals surface area (Å²) >= 11 is 0. The fourth-order valence-corrected chi connectivity index (χ4v) is 4.57. The van der Waals surface area contributed by atoms with Gasteiger partial charge in [-0.3, -0.25) is 24.4 Å². The highest BCUT2D eigenvalue weighted by atomic mass is 16.5. The second-order valence-corrected chi connectivity index (χ2v) is 9.75. The number of ether oxygens (including phenoxy) is 2. The van der Waals surface area contributed by atoms with Crippen molar-refractivity contribution in [1.82, 2.24) is 25.5 Å². The molecule has 3 aromatic rings. The van der Waals surface area contributed by atoms with Crippen molar-refractivity contribution in [3.63, 3.8) is 0 Å². The van der Waals surface area contributed by atoms with Gasteiger partial charge in [0.15, 0.2) is 11.5 Å². The highest BCUT2D eigenvalue weighted by Gasteiger charge is 2.25. The van der Waals surface area contributed by atoms with Crippen LogP contribution in [0.4, 0.5) is 0 Å². The van der Waals surface area contributed by atoms with Gasteiger partial charge in [-0.15, -0.1) is 0 Å². The van der Waals surface area contributed by atoms with Gasteiger partial charge in [-0.25, -0.2) is 0 Å². The molecule has 2 N–H and O–H groups in total. The van der Waals surface area contributed by atoms with Gasteiger partial charge < -0.3 is 25.0 Å². The van der Waals surface area contributed by atoms with Gasteiger partial charge in [0.25, 0.3) is 11.8 Å². The van der Waals surface area contributed by atoms with E-state index >= 15 is 0 Å². The van der Waals surface area contributed by atoms with Gasteiger partial charge in [0, 0.05) is 61.1 Å². The van der Waals surface area contributed by atoms with E-state index in [2.05, 4.69) is 20.6 Å². The minimum absolute atomic E-state index is 0.163. The van der Waals surface area contributed by atoms with Crippen LogP contribution in [-0.2, 0) is 11.3 Å². The van der Waals surface area contributed by atoms with Crippen molar-refractivity contribution in [1.29, 1.82) is 0 Å². The van der Waals surface area contributed by atoms with Gasteiger partial charge >= 0.3 is 0 Å². The summed E-state index contributed by atoms with van der Waals surface area (Å²) < 4.78 is 11.3. The monoisotopic (exact) mass is 531 g/mol. The number of benzene rings is 1. The Labute approximate surface area is 227 Å². The Bertz CT molecular complexity index is 1350. The van der Waals surface area contributed by atoms with Crippen molar-refractivity contribution in [2.75, 3.05) is 27.3 Å². The van der Waals surface area contributed by atoms with Gasteiger partial charge in [0.05, 0.1) is 19.8 Å². The average Bonchev–Trinajstić information content (AvgIpc) is 2.95. The Kier molecular flexibility index (Phi) is 8.75. The first-order chi connectivity index (χ1) is 18.8. The minimum atomic E-state index is -0.744. The molecule has 1 atom stereocenters. The third-order valence-corrected chi connectivity index (χ3v) is 6.45. The summed E-state index contributed by atoms with van der Waals surface area (Å²) in [5.74, 6) is 0.198. The van der Waals surface area contributed by atoms with Crippen LogP contribution in [0.15, 0.2) is 55.1 Å². The number of pyridine rings is 2. The molecule has 3 amide bonds. The number of amides is 3. The first-order valence-corrected chi connectivity index (χ1v) is 12.8. The highest BCUT2D eigenvalue weighted by molar-refractivity contribution is 5.98. The Morgan fingerprint density at radius 2 is 1.79 bits per heavy atom. The SMILES string of the molecule is COc1cc2cc(c1OC)-c1cncc(c1)C(=O)N[C@H](CC(C)C)C(=O)NCCN(C(=O)c1ccncc1)C2. The Morgan fingerprint density at radius 3 is 2.49 bits per heavy atom. The molecule has 0 saturated heterocycles. The maximum atomic E-state index is 13.5. The van der Waals surface area contributed by atoms with Crippen molar-refractivity contribution in [3.8, 4) is 22.6 Å². The zero-order valence-corrected chi connectivity index (χ0v) is 22.6. The number of fused-ring (bicyclic) bond motifs is 5. The van der Waals surface area contributed by atoms with Gasteiger partial charge in [0.1, 0.15) is 6.04 Å². The molecule has 1 aliphatic heterocycles. The molecule has 10 nitrogen and oxygen atoms in total. The van der Waals surface area contributed by atoms with Crippen LogP contribution in [0.1, 0.15) is 46.5 Å². The number of rotatable bonds is 5. The van der Waals surface area contributed by atoms with Crippen molar-refractivity contribution < 1.29 is 23.9 Å². The fourth-order valence-electron chi connectivity index (χ4n) is 4.57. The molecule has 0 unspecified atom stereocenters. The smallest absolute Gasteiger partial charge is 0.254 e. The fraction of sp³-hybridized carbons (Fsp3) is 0.345. The zero-order chi connectivity index (χ0) is 27.9. The molecule has 0 radical (unpaired) electrons. The van der Waals surface area contributed by atoms with Crippen LogP contribution in [-0.4, -0.2) is 65.9 Å². The van der Waals surface area contributed by atoms with Gasteiger partial charge in [-0.05, 0) is 48.2 Å². The summed E-state index contributed by atoms with van der Waals surface area (Å²) in [5, 5.41) is 5.76. The predicted molar refractivity (Wildman–Crippen MR) is 145 cm³/mol. The molecule has 39 heavy (non-hydrogen) atoms. The highest BCUT2D eigenvalue weighted by Crippen LogP contribution is 2.39. The molecule has 4 rings (SSSR count). The van der Waals surface area contributed by atoms with E-state index in [1.165, 1.54) is 6.20 Å². The average molecular weight is 532 g/mol. The number of nitrogens with zero attached hydrogens (tertiary/aromatic N) is 3. The van der Waals surface area contributed by atoms with Crippen LogP contribution in [0, 0.1) is 5.92 Å². The second kappa shape index (κ2) is 12.4. The van der Waals surface area contributed by atoms with Gasteiger partial charge in [0.2, 0.25) is 5.91 Å². The molecule has 10 heteroatoms. The summed E-state index contributed by atoms with van der Waals surface area (Å²) in [6.07, 6.45) is 6.68. The van der Waals surface area contributed by atoms with Crippen molar-refractivity contribution in [3.05, 3.63) is 71.8 Å². The number of aromatic nitrogens is 2. The maximum absolute atomic E-state index is 13.5. The van der Waals surface area contributed by atoms with Crippen molar-refractivity contribution in [2.45, 2.75) is 32.9 Å². The molecule has 2 aromatic heterocycles. The molecule has 3 heterocycles. The number of carbonyl (C=O) groups is 3. The predicted octanol–water partition coefficient (Wildman–Crippen LogP) is 3.08. The van der Waals surface area contributed by atoms with Crippen molar-refractivity contribution >= 4 is 17.7 Å². The summed E-state index contributed by atoms with van der Waals surface area (Å²) in [6, 6.07) is 7.98. The third-order valence-electron chi connectivity index (χ3n) is 6.45. The lowest BCUT2D eigenvalue weighted by Crippen LogP contribution is -2.49. The third kappa shape index (κ3) is 6.51. The molecule has 0 aliphatic carbocycles. The standard InChI is InChI=1S/C29H33N5O5/c1-18(2)11-24-28(36)32-9-10-34(29(37)20-5-7-30-8-6-20)17-19-12-23(26(39-4)25(13-19)38-3)21-14-22(16-31-15-21)27(35)33-24/h5-8,12-16,18,24H,9-11,17H2,1-4H3,(H,32,36)(H,33,35)/t24-/m1/s1. The van der Waals surface area contributed by atoms with E-state index < -0.39 is 11.9 Å². The summed E-state index contributed by atoms with van der Waals surface area (Å²) in [7, 11) is 3.08. The normalized spacial score (nSPS) is 16.0. The van der Waals surface area contributed by atoms with E-state index in [0.717, 1.165) is 5.56 Å². The van der Waals surface area contributed by atoms with E-state index in [9.17, 15) is 14.4 Å². The van der Waals surface area contributed by atoms with E-state index in [1.807, 2.05) is 26.0 Å². The number of methoxy groups -OCH3 is 2. The van der Waals surface area contributed by atoms with Crippen LogP contribution in [0.5, 0.6) is 11.5 Å². The van der Waals surface area contributed by atoms with Crippen LogP contribution in [0.2, 0.25) is 0 Å². The first kappa shape index (κ1) is 27.6. The molecule has 0 spiro atoms.